The number of nitrogens with zero attached hydrogens (tertiary/aromatic N) is 5. The van der Waals surface area contributed by atoms with E-state index >= 15 is 0 Å². The topological polar surface area (TPSA) is 155 Å². The number of nitrogens with one attached hydrogen (secondary N) is 1. The second kappa shape index (κ2) is 8.94. The molecule has 0 fully saturated rings. The summed E-state index contributed by atoms with van der Waals surface area (Å²) in [5.74, 6) is -0.00556. The number of nitro groups is 2. The molecule has 4 aromatic rings. The molecule has 4 rings (SSSR count). The van der Waals surface area contributed by atoms with Gasteiger partial charge in [-0.1, -0.05) is 0 Å². The second-order valence-corrected chi connectivity index (χ2v) is 7.23. The summed E-state index contributed by atoms with van der Waals surface area (Å²) < 4.78 is 5.43. The van der Waals surface area contributed by atoms with Gasteiger partial charge in [-0.05, 0) is 56.3 Å². The Morgan fingerprint density at radius 1 is 0.971 bits per heavy atom. The van der Waals surface area contributed by atoms with Crippen LogP contribution in [0.4, 0.5) is 17.1 Å². The third kappa shape index (κ3) is 4.37. The number of hydrogen-bond donors (Lipinski definition) is 1. The largest absolute Gasteiger partial charge is 0.494 e. The minimum absolute atomic E-state index is 0.126. The number of benzene rings is 3. The van der Waals surface area contributed by atoms with Crippen LogP contribution in [0.25, 0.3) is 16.7 Å². The van der Waals surface area contributed by atoms with Crippen LogP contribution in [0.1, 0.15) is 22.8 Å². The van der Waals surface area contributed by atoms with Crippen molar-refractivity contribution in [2.75, 3.05) is 11.9 Å². The van der Waals surface area contributed by atoms with Crippen LogP contribution in [-0.4, -0.2) is 37.4 Å². The molecule has 0 aliphatic carbocycles. The van der Waals surface area contributed by atoms with Crippen molar-refractivity contribution >= 4 is 34.0 Å². The SMILES string of the molecule is CCOc1ccc(-n2nc3ccc(NC(=O)c4cc([N+](=O)[O-])c(C)c([N+](=O)[O-])c4)cc3n2)cc1. The van der Waals surface area contributed by atoms with Crippen molar-refractivity contribution in [3.05, 3.63) is 86.0 Å². The van der Waals surface area contributed by atoms with Gasteiger partial charge in [-0.3, -0.25) is 25.0 Å². The number of hydrogen-bond acceptors (Lipinski definition) is 8. The van der Waals surface area contributed by atoms with Crippen molar-refractivity contribution in [3.8, 4) is 11.4 Å². The van der Waals surface area contributed by atoms with E-state index in [4.69, 9.17) is 4.74 Å². The smallest absolute Gasteiger partial charge is 0.279 e. The van der Waals surface area contributed by atoms with E-state index in [-0.39, 0.29) is 11.1 Å². The average Bonchev–Trinajstić information content (AvgIpc) is 3.23. The van der Waals surface area contributed by atoms with E-state index in [9.17, 15) is 25.0 Å². The number of anilines is 1. The highest BCUT2D eigenvalue weighted by Gasteiger charge is 2.25. The molecule has 0 bridgehead atoms. The van der Waals surface area contributed by atoms with E-state index < -0.39 is 27.1 Å². The number of ether oxygens (including phenoxy) is 1. The van der Waals surface area contributed by atoms with Crippen LogP contribution in [0.5, 0.6) is 5.75 Å². The number of nitro benzene ring substituents is 2. The van der Waals surface area contributed by atoms with Gasteiger partial charge in [-0.15, -0.1) is 10.2 Å². The van der Waals surface area contributed by atoms with Gasteiger partial charge in [0.05, 0.1) is 27.7 Å². The lowest BCUT2D eigenvalue weighted by atomic mass is 10.1. The number of fused-ring (bicyclic) bond motifs is 1. The summed E-state index contributed by atoms with van der Waals surface area (Å²) in [4.78, 5) is 35.2. The number of aromatic nitrogens is 3. The molecular weight excluding hydrogens is 444 g/mol. The van der Waals surface area contributed by atoms with Crippen molar-refractivity contribution in [1.29, 1.82) is 0 Å². The van der Waals surface area contributed by atoms with Gasteiger partial charge >= 0.3 is 0 Å². The lowest BCUT2D eigenvalue weighted by Crippen LogP contribution is -2.13. The molecule has 0 aliphatic heterocycles. The standard InChI is InChI=1S/C22H18N6O6/c1-3-34-17-7-5-16(6-8-17)26-24-18-9-4-15(12-19(18)25-26)23-22(29)14-10-20(27(30)31)13(2)21(11-14)28(32)33/h4-12H,3H2,1-2H3,(H,23,29). The predicted octanol–water partition coefficient (Wildman–Crippen LogP) is 4.20. The molecule has 0 unspecified atom stereocenters. The average molecular weight is 462 g/mol. The van der Waals surface area contributed by atoms with Crippen molar-refractivity contribution in [3.63, 3.8) is 0 Å². The Balaban J connectivity index is 1.61. The second-order valence-electron chi connectivity index (χ2n) is 7.23. The fourth-order valence-corrected chi connectivity index (χ4v) is 3.35. The van der Waals surface area contributed by atoms with Crippen LogP contribution < -0.4 is 10.1 Å². The molecule has 34 heavy (non-hydrogen) atoms. The van der Waals surface area contributed by atoms with E-state index in [1.54, 1.807) is 30.3 Å². The molecule has 12 heteroatoms. The van der Waals surface area contributed by atoms with Gasteiger partial charge < -0.3 is 10.1 Å². The highest BCUT2D eigenvalue weighted by Crippen LogP contribution is 2.30. The first kappa shape index (κ1) is 22.3. The molecule has 1 amide bonds. The van der Waals surface area contributed by atoms with E-state index in [0.29, 0.717) is 29.0 Å². The molecule has 1 heterocycles. The number of carbonyl (C=O) groups excluding carboxylic acids is 1. The zero-order valence-corrected chi connectivity index (χ0v) is 18.1. The molecule has 1 aromatic heterocycles. The molecule has 172 valence electrons. The van der Waals surface area contributed by atoms with Crippen LogP contribution in [0.15, 0.2) is 54.6 Å². The minimum Gasteiger partial charge on any atom is -0.494 e. The minimum atomic E-state index is -0.760. The normalized spacial score (nSPS) is 10.8. The molecule has 0 saturated carbocycles. The number of amides is 1. The van der Waals surface area contributed by atoms with Gasteiger partial charge in [0.15, 0.2) is 0 Å². The summed E-state index contributed by atoms with van der Waals surface area (Å²) in [7, 11) is 0. The molecule has 0 atom stereocenters. The maximum Gasteiger partial charge on any atom is 0.279 e. The quantitative estimate of drug-likeness (QED) is 0.316. The third-order valence-corrected chi connectivity index (χ3v) is 5.03. The van der Waals surface area contributed by atoms with Gasteiger partial charge in [0, 0.05) is 17.8 Å². The summed E-state index contributed by atoms with van der Waals surface area (Å²) in [5.41, 5.74) is 0.787. The van der Waals surface area contributed by atoms with Crippen molar-refractivity contribution in [1.82, 2.24) is 15.0 Å². The van der Waals surface area contributed by atoms with Gasteiger partial charge in [-0.2, -0.15) is 4.80 Å². The monoisotopic (exact) mass is 462 g/mol. The first-order valence-electron chi connectivity index (χ1n) is 10.1. The Morgan fingerprint density at radius 3 is 2.18 bits per heavy atom. The Kier molecular flexibility index (Phi) is 5.87. The first-order valence-corrected chi connectivity index (χ1v) is 10.1. The van der Waals surface area contributed by atoms with Gasteiger partial charge in [0.25, 0.3) is 17.3 Å². The summed E-state index contributed by atoms with van der Waals surface area (Å²) in [6, 6.07) is 14.1. The molecule has 0 saturated heterocycles. The van der Waals surface area contributed by atoms with Crippen LogP contribution in [-0.2, 0) is 0 Å². The van der Waals surface area contributed by atoms with Crippen LogP contribution >= 0.6 is 0 Å². The molecule has 0 aliphatic rings. The van der Waals surface area contributed by atoms with Gasteiger partial charge in [-0.25, -0.2) is 0 Å². The number of rotatable bonds is 7. The lowest BCUT2D eigenvalue weighted by molar-refractivity contribution is -0.395. The Labute approximate surface area is 192 Å². The molecule has 12 nitrogen and oxygen atoms in total. The maximum absolute atomic E-state index is 12.7. The van der Waals surface area contributed by atoms with Crippen LogP contribution in [0, 0.1) is 27.2 Å². The summed E-state index contributed by atoms with van der Waals surface area (Å²) in [6.45, 7) is 3.72. The van der Waals surface area contributed by atoms with Gasteiger partial charge in [0.2, 0.25) is 0 Å². The van der Waals surface area contributed by atoms with Crippen molar-refractivity contribution < 1.29 is 19.4 Å². The van der Waals surface area contributed by atoms with E-state index in [1.165, 1.54) is 11.7 Å². The van der Waals surface area contributed by atoms with Crippen LogP contribution in [0.2, 0.25) is 0 Å². The zero-order valence-electron chi connectivity index (χ0n) is 18.1. The summed E-state index contributed by atoms with van der Waals surface area (Å²) in [6.07, 6.45) is 0. The van der Waals surface area contributed by atoms with Crippen LogP contribution in [0.3, 0.4) is 0 Å². The van der Waals surface area contributed by atoms with E-state index in [1.807, 2.05) is 19.1 Å². The molecule has 0 spiro atoms. The molecular formula is C22H18N6O6. The van der Waals surface area contributed by atoms with Gasteiger partial charge in [0.1, 0.15) is 22.3 Å². The number of carbonyl (C=O) groups is 1. The lowest BCUT2D eigenvalue weighted by Gasteiger charge is -2.06. The van der Waals surface area contributed by atoms with Crippen molar-refractivity contribution in [2.24, 2.45) is 0 Å². The molecule has 3 aromatic carbocycles. The van der Waals surface area contributed by atoms with E-state index in [2.05, 4.69) is 15.5 Å². The fraction of sp³-hybridized carbons (Fsp3) is 0.136. The zero-order chi connectivity index (χ0) is 24.4. The Bertz CT molecular complexity index is 1390. The maximum atomic E-state index is 12.7. The molecule has 1 N–H and O–H groups in total. The van der Waals surface area contributed by atoms with Crippen molar-refractivity contribution in [2.45, 2.75) is 13.8 Å². The predicted molar refractivity (Wildman–Crippen MR) is 122 cm³/mol. The molecule has 0 radical (unpaired) electrons. The Morgan fingerprint density at radius 2 is 1.59 bits per heavy atom. The van der Waals surface area contributed by atoms with E-state index in [0.717, 1.165) is 17.9 Å². The summed E-state index contributed by atoms with van der Waals surface area (Å²) >= 11 is 0. The fourth-order valence-electron chi connectivity index (χ4n) is 3.35. The summed E-state index contributed by atoms with van der Waals surface area (Å²) in [5, 5.41) is 34.0. The Hall–Kier alpha value is -4.87. The highest BCUT2D eigenvalue weighted by atomic mass is 16.6. The highest BCUT2D eigenvalue weighted by molar-refractivity contribution is 6.06. The third-order valence-electron chi connectivity index (χ3n) is 5.03. The first-order chi connectivity index (χ1) is 16.3.